The van der Waals surface area contributed by atoms with Crippen molar-refractivity contribution in [2.45, 2.75) is 44.3 Å². The number of amides is 2. The van der Waals surface area contributed by atoms with Crippen molar-refractivity contribution in [1.29, 1.82) is 5.26 Å². The van der Waals surface area contributed by atoms with Gasteiger partial charge in [0.1, 0.15) is 11.9 Å². The molecule has 220 valence electrons. The normalized spacial score (nSPS) is 19.5. The SMILES string of the molecule is CS(=O)(=O)N1CCN(c2ccc(N(C(=O)NCc3ccccc3)C3CCC(Nc4ccc(C#N)cn4)CC3)cc2)CC1. The summed E-state index contributed by atoms with van der Waals surface area (Å²) in [5.41, 5.74) is 3.42. The van der Waals surface area contributed by atoms with E-state index in [2.05, 4.69) is 26.6 Å². The van der Waals surface area contributed by atoms with E-state index >= 15 is 0 Å². The Hall–Kier alpha value is -4.14. The number of hydrogen-bond acceptors (Lipinski definition) is 7. The van der Waals surface area contributed by atoms with E-state index in [9.17, 15) is 13.2 Å². The number of hydrogen-bond donors (Lipinski definition) is 2. The van der Waals surface area contributed by atoms with E-state index in [4.69, 9.17) is 5.26 Å². The van der Waals surface area contributed by atoms with Crippen molar-refractivity contribution in [2.24, 2.45) is 0 Å². The molecule has 3 aromatic rings. The van der Waals surface area contributed by atoms with Gasteiger partial charge in [0.2, 0.25) is 10.0 Å². The predicted octanol–water partition coefficient (Wildman–Crippen LogP) is 4.17. The summed E-state index contributed by atoms with van der Waals surface area (Å²) >= 11 is 0. The van der Waals surface area contributed by atoms with Crippen molar-refractivity contribution in [2.75, 3.05) is 47.6 Å². The Kier molecular flexibility index (Phi) is 9.25. The monoisotopic (exact) mass is 587 g/mol. The summed E-state index contributed by atoms with van der Waals surface area (Å²) in [6.07, 6.45) is 6.27. The third kappa shape index (κ3) is 7.38. The molecule has 10 nitrogen and oxygen atoms in total. The highest BCUT2D eigenvalue weighted by Crippen LogP contribution is 2.31. The maximum Gasteiger partial charge on any atom is 0.322 e. The van der Waals surface area contributed by atoms with Gasteiger partial charge in [0.05, 0.1) is 11.8 Å². The van der Waals surface area contributed by atoms with Crippen LogP contribution >= 0.6 is 0 Å². The van der Waals surface area contributed by atoms with Gasteiger partial charge in [-0.05, 0) is 67.6 Å². The first-order valence-electron chi connectivity index (χ1n) is 14.3. The molecule has 2 fully saturated rings. The first-order chi connectivity index (χ1) is 20.3. The van der Waals surface area contributed by atoms with E-state index in [1.807, 2.05) is 65.6 Å². The van der Waals surface area contributed by atoms with Crippen molar-refractivity contribution >= 4 is 33.2 Å². The number of pyridine rings is 1. The minimum Gasteiger partial charge on any atom is -0.369 e. The van der Waals surface area contributed by atoms with Crippen LogP contribution in [0.4, 0.5) is 22.0 Å². The van der Waals surface area contributed by atoms with E-state index in [1.165, 1.54) is 10.6 Å². The minimum atomic E-state index is -3.19. The van der Waals surface area contributed by atoms with Crippen LogP contribution < -0.4 is 20.4 Å². The first-order valence-corrected chi connectivity index (χ1v) is 16.2. The fourth-order valence-corrected chi connectivity index (χ4v) is 6.51. The van der Waals surface area contributed by atoms with Crippen LogP contribution in [-0.4, -0.2) is 68.3 Å². The molecule has 2 N–H and O–H groups in total. The largest absolute Gasteiger partial charge is 0.369 e. The summed E-state index contributed by atoms with van der Waals surface area (Å²) in [7, 11) is -3.19. The van der Waals surface area contributed by atoms with Crippen molar-refractivity contribution < 1.29 is 13.2 Å². The molecule has 11 heteroatoms. The molecule has 42 heavy (non-hydrogen) atoms. The van der Waals surface area contributed by atoms with Gasteiger partial charge >= 0.3 is 6.03 Å². The predicted molar refractivity (Wildman–Crippen MR) is 165 cm³/mol. The molecule has 1 aromatic heterocycles. The summed E-state index contributed by atoms with van der Waals surface area (Å²) in [6, 6.07) is 23.7. The third-order valence-corrected chi connectivity index (χ3v) is 9.32. The molecule has 0 unspecified atom stereocenters. The number of anilines is 3. The maximum absolute atomic E-state index is 13.7. The highest BCUT2D eigenvalue weighted by atomic mass is 32.2. The van der Waals surface area contributed by atoms with Crippen LogP contribution in [0.25, 0.3) is 0 Å². The molecule has 0 atom stereocenters. The molecule has 2 aliphatic rings. The second-order valence-corrected chi connectivity index (χ2v) is 12.9. The van der Waals surface area contributed by atoms with E-state index in [-0.39, 0.29) is 18.1 Å². The molecule has 1 aliphatic heterocycles. The quantitative estimate of drug-likeness (QED) is 0.406. The Morgan fingerprint density at radius 2 is 1.67 bits per heavy atom. The van der Waals surface area contributed by atoms with Crippen LogP contribution in [-0.2, 0) is 16.6 Å². The van der Waals surface area contributed by atoms with Crippen LogP contribution in [0, 0.1) is 11.3 Å². The van der Waals surface area contributed by atoms with Crippen LogP contribution in [0.3, 0.4) is 0 Å². The Labute approximate surface area is 248 Å². The number of carbonyl (C=O) groups is 1. The summed E-state index contributed by atoms with van der Waals surface area (Å²) < 4.78 is 25.3. The lowest BCUT2D eigenvalue weighted by atomic mass is 9.90. The Bertz CT molecular complexity index is 1480. The molecule has 5 rings (SSSR count). The van der Waals surface area contributed by atoms with Gasteiger partial charge in [-0.2, -0.15) is 9.57 Å². The molecular weight excluding hydrogens is 550 g/mol. The zero-order valence-electron chi connectivity index (χ0n) is 23.8. The third-order valence-electron chi connectivity index (χ3n) is 8.01. The number of rotatable bonds is 8. The lowest BCUT2D eigenvalue weighted by Crippen LogP contribution is -2.49. The summed E-state index contributed by atoms with van der Waals surface area (Å²) in [6.45, 7) is 2.62. The second kappa shape index (κ2) is 13.2. The van der Waals surface area contributed by atoms with Gasteiger partial charge in [-0.25, -0.2) is 18.2 Å². The number of carbonyl (C=O) groups excluding carboxylic acids is 1. The van der Waals surface area contributed by atoms with E-state index in [0.717, 1.165) is 48.4 Å². The minimum absolute atomic E-state index is 0.0388. The standard InChI is InChI=1S/C31H37N7O3S/c1-42(40,41)37-19-17-36(18-20-37)27-12-14-29(15-13-27)38(31(39)34-22-24-5-3-2-4-6-24)28-10-8-26(9-11-28)35-30-16-7-25(21-32)23-33-30/h2-7,12-16,23,26,28H,8-11,17-20,22H2,1H3,(H,33,35)(H,34,39). The fraction of sp³-hybridized carbons (Fsp3) is 0.387. The highest BCUT2D eigenvalue weighted by molar-refractivity contribution is 7.88. The number of nitrogens with zero attached hydrogens (tertiary/aromatic N) is 5. The number of nitrogens with one attached hydrogen (secondary N) is 2. The molecule has 1 aliphatic carbocycles. The number of aromatic nitrogens is 1. The van der Waals surface area contributed by atoms with Crippen LogP contribution in [0.1, 0.15) is 36.8 Å². The summed E-state index contributed by atoms with van der Waals surface area (Å²) in [5, 5.41) is 15.6. The van der Waals surface area contributed by atoms with Gasteiger partial charge in [0.15, 0.2) is 0 Å². The molecule has 2 heterocycles. The molecule has 0 bridgehead atoms. The van der Waals surface area contributed by atoms with E-state index in [1.54, 1.807) is 12.3 Å². The van der Waals surface area contributed by atoms with Gasteiger partial charge in [0.25, 0.3) is 0 Å². The van der Waals surface area contributed by atoms with Gasteiger partial charge in [-0.15, -0.1) is 0 Å². The van der Waals surface area contributed by atoms with Crippen molar-refractivity contribution in [3.8, 4) is 6.07 Å². The molecule has 1 saturated heterocycles. The smallest absolute Gasteiger partial charge is 0.322 e. The average molecular weight is 588 g/mol. The zero-order valence-corrected chi connectivity index (χ0v) is 24.6. The fourth-order valence-electron chi connectivity index (χ4n) is 5.69. The average Bonchev–Trinajstić information content (AvgIpc) is 3.02. The lowest BCUT2D eigenvalue weighted by molar-refractivity contribution is 0.240. The highest BCUT2D eigenvalue weighted by Gasteiger charge is 2.31. The van der Waals surface area contributed by atoms with Crippen LogP contribution in [0.5, 0.6) is 0 Å². The second-order valence-electron chi connectivity index (χ2n) is 10.9. The number of sulfonamides is 1. The van der Waals surface area contributed by atoms with E-state index < -0.39 is 10.0 Å². The van der Waals surface area contributed by atoms with Crippen molar-refractivity contribution in [3.05, 3.63) is 84.1 Å². The van der Waals surface area contributed by atoms with Gasteiger partial charge in [-0.1, -0.05) is 30.3 Å². The van der Waals surface area contributed by atoms with Gasteiger partial charge in [-0.3, -0.25) is 4.90 Å². The molecule has 2 aromatic carbocycles. The number of nitriles is 1. The zero-order chi connectivity index (χ0) is 29.5. The van der Waals surface area contributed by atoms with Crippen molar-refractivity contribution in [1.82, 2.24) is 14.6 Å². The molecular formula is C31H37N7O3S. The summed E-state index contributed by atoms with van der Waals surface area (Å²) in [5.74, 6) is 0.753. The molecule has 1 saturated carbocycles. The molecule has 2 amide bonds. The Balaban J connectivity index is 1.26. The van der Waals surface area contributed by atoms with Crippen LogP contribution in [0.15, 0.2) is 72.9 Å². The first kappa shape index (κ1) is 29.4. The van der Waals surface area contributed by atoms with Gasteiger partial charge < -0.3 is 15.5 Å². The topological polar surface area (TPSA) is 122 Å². The number of benzene rings is 2. The summed E-state index contributed by atoms with van der Waals surface area (Å²) in [4.78, 5) is 22.1. The number of piperazine rings is 1. The number of urea groups is 1. The lowest BCUT2D eigenvalue weighted by Gasteiger charge is -2.38. The van der Waals surface area contributed by atoms with Gasteiger partial charge in [0, 0.05) is 62.4 Å². The molecule has 0 spiro atoms. The Morgan fingerprint density at radius 3 is 2.26 bits per heavy atom. The van der Waals surface area contributed by atoms with E-state index in [0.29, 0.717) is 38.3 Å². The maximum atomic E-state index is 13.7. The van der Waals surface area contributed by atoms with Crippen LogP contribution in [0.2, 0.25) is 0 Å². The molecule has 0 radical (unpaired) electrons. The Morgan fingerprint density at radius 1 is 0.976 bits per heavy atom. The van der Waals surface area contributed by atoms with Crippen molar-refractivity contribution in [3.63, 3.8) is 0 Å².